The molecule has 0 amide bonds. The molecule has 0 aliphatic carbocycles. The van der Waals surface area contributed by atoms with E-state index < -0.39 is 0 Å². The van der Waals surface area contributed by atoms with Crippen molar-refractivity contribution in [1.29, 1.82) is 0 Å². The van der Waals surface area contributed by atoms with Crippen molar-refractivity contribution in [3.05, 3.63) is 36.4 Å². The smallest absolute Gasteiger partial charge is 0.0780 e. The number of benzene rings is 1. The SMILES string of the molecule is CCCCCCCCCCCCCCCCCC[N+](C)(C)C.[Cl-].c1ccccc1. The van der Waals surface area contributed by atoms with Crippen LogP contribution in [0.5, 0.6) is 0 Å². The van der Waals surface area contributed by atoms with Crippen LogP contribution in [0.3, 0.4) is 0 Å². The van der Waals surface area contributed by atoms with Gasteiger partial charge in [-0.15, -0.1) is 0 Å². The van der Waals surface area contributed by atoms with Gasteiger partial charge in [-0.2, -0.15) is 0 Å². The van der Waals surface area contributed by atoms with Gasteiger partial charge in [-0.25, -0.2) is 0 Å². The van der Waals surface area contributed by atoms with Crippen molar-refractivity contribution in [2.45, 2.75) is 110 Å². The first kappa shape index (κ1) is 30.7. The molecule has 0 saturated heterocycles. The first-order valence-electron chi connectivity index (χ1n) is 12.4. The van der Waals surface area contributed by atoms with Gasteiger partial charge in [0.05, 0.1) is 27.7 Å². The van der Waals surface area contributed by atoms with Crippen LogP contribution in [0.15, 0.2) is 36.4 Å². The predicted molar refractivity (Wildman–Crippen MR) is 129 cm³/mol. The summed E-state index contributed by atoms with van der Waals surface area (Å²) < 4.78 is 1.12. The highest BCUT2D eigenvalue weighted by Crippen LogP contribution is 2.13. The van der Waals surface area contributed by atoms with E-state index in [1.165, 1.54) is 109 Å². The molecule has 2 heteroatoms. The molecule has 1 nitrogen and oxygen atoms in total. The number of nitrogens with zero attached hydrogens (tertiary/aromatic N) is 1. The summed E-state index contributed by atoms with van der Waals surface area (Å²) in [7, 11) is 6.89. The molecule has 0 radical (unpaired) electrons. The second-order valence-corrected chi connectivity index (χ2v) is 9.47. The highest BCUT2D eigenvalue weighted by atomic mass is 35.5. The summed E-state index contributed by atoms with van der Waals surface area (Å²) in [6.07, 6.45) is 23.4. The lowest BCUT2D eigenvalue weighted by molar-refractivity contribution is -0.870. The molecule has 0 atom stereocenters. The first-order valence-corrected chi connectivity index (χ1v) is 12.4. The van der Waals surface area contributed by atoms with Gasteiger partial charge in [0.15, 0.2) is 0 Å². The maximum absolute atomic E-state index is 2.30. The molecule has 0 fully saturated rings. The number of rotatable bonds is 17. The van der Waals surface area contributed by atoms with E-state index in [-0.39, 0.29) is 12.4 Å². The summed E-state index contributed by atoms with van der Waals surface area (Å²) in [5.74, 6) is 0. The Morgan fingerprint density at radius 3 is 0.897 bits per heavy atom. The predicted octanol–water partition coefficient (Wildman–Crippen LogP) is 5.64. The second-order valence-electron chi connectivity index (χ2n) is 9.47. The molecule has 0 aromatic heterocycles. The molecule has 29 heavy (non-hydrogen) atoms. The van der Waals surface area contributed by atoms with Gasteiger partial charge in [0.2, 0.25) is 0 Å². The van der Waals surface area contributed by atoms with Crippen LogP contribution in [-0.2, 0) is 0 Å². The quantitative estimate of drug-likeness (QED) is 0.223. The van der Waals surface area contributed by atoms with E-state index in [9.17, 15) is 0 Å². The van der Waals surface area contributed by atoms with E-state index in [1.54, 1.807) is 0 Å². The van der Waals surface area contributed by atoms with Gasteiger partial charge in [-0.3, -0.25) is 0 Å². The Morgan fingerprint density at radius 1 is 0.414 bits per heavy atom. The normalized spacial score (nSPS) is 10.8. The van der Waals surface area contributed by atoms with Crippen LogP contribution < -0.4 is 12.4 Å². The summed E-state index contributed by atoms with van der Waals surface area (Å²) >= 11 is 0. The minimum absolute atomic E-state index is 0. The number of hydrogen-bond acceptors (Lipinski definition) is 0. The maximum atomic E-state index is 2.30. The summed E-state index contributed by atoms with van der Waals surface area (Å²) in [5.41, 5.74) is 0. The number of hydrogen-bond donors (Lipinski definition) is 0. The van der Waals surface area contributed by atoms with Gasteiger partial charge >= 0.3 is 0 Å². The number of quaternary nitrogens is 1. The Balaban J connectivity index is 0. The molecule has 0 N–H and O–H groups in total. The fraction of sp³-hybridized carbons (Fsp3) is 0.778. The van der Waals surface area contributed by atoms with Crippen LogP contribution in [0.4, 0.5) is 0 Å². The number of halogens is 1. The van der Waals surface area contributed by atoms with Crippen LogP contribution in [0.25, 0.3) is 0 Å². The van der Waals surface area contributed by atoms with E-state index in [0.29, 0.717) is 0 Å². The lowest BCUT2D eigenvalue weighted by Crippen LogP contribution is -3.00. The highest BCUT2D eigenvalue weighted by Gasteiger charge is 2.04. The Kier molecular flexibility index (Phi) is 25.1. The largest absolute Gasteiger partial charge is 1.00 e. The molecule has 1 aromatic carbocycles. The average molecular weight is 426 g/mol. The molecule has 1 rings (SSSR count). The molecule has 0 aliphatic rings. The molecule has 172 valence electrons. The molecule has 0 aliphatic heterocycles. The molecule has 0 saturated carbocycles. The van der Waals surface area contributed by atoms with E-state index in [2.05, 4.69) is 28.1 Å². The van der Waals surface area contributed by atoms with Gasteiger partial charge in [-0.05, 0) is 12.8 Å². The van der Waals surface area contributed by atoms with Gasteiger partial charge in [0.25, 0.3) is 0 Å². The average Bonchev–Trinajstić information content (AvgIpc) is 2.69. The Bertz CT molecular complexity index is 359. The van der Waals surface area contributed by atoms with Gasteiger partial charge < -0.3 is 16.9 Å². The zero-order valence-corrected chi connectivity index (χ0v) is 21.1. The zero-order chi connectivity index (χ0) is 20.8. The summed E-state index contributed by atoms with van der Waals surface area (Å²) in [4.78, 5) is 0. The van der Waals surface area contributed by atoms with Gasteiger partial charge in [0.1, 0.15) is 0 Å². The maximum Gasteiger partial charge on any atom is 0.0780 e. The summed E-state index contributed by atoms with van der Waals surface area (Å²) in [6, 6.07) is 12.0. The second kappa shape index (κ2) is 23.7. The van der Waals surface area contributed by atoms with Crippen LogP contribution in [0, 0.1) is 0 Å². The molecular weight excluding hydrogens is 374 g/mol. The monoisotopic (exact) mass is 425 g/mol. The lowest BCUT2D eigenvalue weighted by atomic mass is 10.0. The topological polar surface area (TPSA) is 0 Å². The van der Waals surface area contributed by atoms with Crippen molar-refractivity contribution >= 4 is 0 Å². The molecule has 0 bridgehead atoms. The van der Waals surface area contributed by atoms with Crippen LogP contribution >= 0.6 is 0 Å². The minimum atomic E-state index is 0. The third-order valence-corrected chi connectivity index (χ3v) is 5.35. The minimum Gasteiger partial charge on any atom is -1.00 e. The fourth-order valence-corrected chi connectivity index (χ4v) is 3.52. The van der Waals surface area contributed by atoms with Crippen molar-refractivity contribution in [1.82, 2.24) is 0 Å². The van der Waals surface area contributed by atoms with Crippen molar-refractivity contribution in [3.63, 3.8) is 0 Å². The Hall–Kier alpha value is -0.530. The molecule has 0 unspecified atom stereocenters. The van der Waals surface area contributed by atoms with Crippen molar-refractivity contribution in [2.24, 2.45) is 0 Å². The summed E-state index contributed by atoms with van der Waals surface area (Å²) in [6.45, 7) is 3.63. The zero-order valence-electron chi connectivity index (χ0n) is 20.3. The van der Waals surface area contributed by atoms with Gasteiger partial charge in [0, 0.05) is 0 Å². The Morgan fingerprint density at radius 2 is 0.655 bits per heavy atom. The third kappa shape index (κ3) is 29.8. The summed E-state index contributed by atoms with van der Waals surface area (Å²) in [5, 5.41) is 0. The highest BCUT2D eigenvalue weighted by molar-refractivity contribution is 4.99. The first-order chi connectivity index (χ1) is 13.6. The molecule has 1 aromatic rings. The molecule has 0 spiro atoms. The fourth-order valence-electron chi connectivity index (χ4n) is 3.52. The van der Waals surface area contributed by atoms with Crippen LogP contribution in [0.2, 0.25) is 0 Å². The van der Waals surface area contributed by atoms with Crippen LogP contribution in [-0.4, -0.2) is 32.2 Å². The van der Waals surface area contributed by atoms with E-state index in [4.69, 9.17) is 0 Å². The molecule has 0 heterocycles. The van der Waals surface area contributed by atoms with Gasteiger partial charge in [-0.1, -0.05) is 133 Å². The van der Waals surface area contributed by atoms with Crippen LogP contribution in [0.1, 0.15) is 110 Å². The standard InChI is InChI=1S/C21H46N.C6H6.ClH/c1-5-6-7-8-9-10-11-12-13-14-15-16-17-18-19-20-21-22(2,3)4;1-2-4-6-5-3-1;/h5-21H2,1-4H3;1-6H;1H/q+1;;/p-1. The van der Waals surface area contributed by atoms with E-state index >= 15 is 0 Å². The lowest BCUT2D eigenvalue weighted by Gasteiger charge is -2.23. The third-order valence-electron chi connectivity index (χ3n) is 5.35. The van der Waals surface area contributed by atoms with Crippen molar-refractivity contribution < 1.29 is 16.9 Å². The van der Waals surface area contributed by atoms with E-state index in [0.717, 1.165) is 4.48 Å². The van der Waals surface area contributed by atoms with Crippen molar-refractivity contribution in [2.75, 3.05) is 27.7 Å². The van der Waals surface area contributed by atoms with Crippen molar-refractivity contribution in [3.8, 4) is 0 Å². The molecular formula is C27H52ClN. The van der Waals surface area contributed by atoms with E-state index in [1.807, 2.05) is 36.4 Å². The number of unbranched alkanes of at least 4 members (excludes halogenated alkanes) is 15. The Labute approximate surface area is 190 Å².